The van der Waals surface area contributed by atoms with E-state index in [0.717, 1.165) is 29.9 Å². The summed E-state index contributed by atoms with van der Waals surface area (Å²) in [5, 5.41) is 0.253. The molecule has 2 radical (unpaired) electrons. The molecule has 0 saturated carbocycles. The van der Waals surface area contributed by atoms with Crippen LogP contribution in [-0.2, 0) is 22.4 Å². The molecule has 3 aliphatic heterocycles. The molecule has 2 atom stereocenters. The number of amides is 1. The Balaban J connectivity index is 1.64. The molecule has 4 rings (SSSR count). The first-order valence-corrected chi connectivity index (χ1v) is 9.38. The Morgan fingerprint density at radius 3 is 2.65 bits per heavy atom. The van der Waals surface area contributed by atoms with Crippen LogP contribution in [0.3, 0.4) is 0 Å². The highest BCUT2D eigenvalue weighted by Gasteiger charge is 2.41. The van der Waals surface area contributed by atoms with Crippen LogP contribution in [0, 0.1) is 0 Å². The predicted octanol–water partition coefficient (Wildman–Crippen LogP) is 1.90. The summed E-state index contributed by atoms with van der Waals surface area (Å²) in [4.78, 5) is 25.4. The smallest absolute Gasteiger partial charge is 0.409 e. The van der Waals surface area contributed by atoms with Gasteiger partial charge in [0.15, 0.2) is 0 Å². The molecule has 0 N–H and O–H groups in total. The van der Waals surface area contributed by atoms with Crippen LogP contribution in [0.15, 0.2) is 0 Å². The summed E-state index contributed by atoms with van der Waals surface area (Å²) in [6.07, 6.45) is 2.35. The molecule has 4 heterocycles. The third-order valence-corrected chi connectivity index (χ3v) is 5.27. The van der Waals surface area contributed by atoms with Crippen molar-refractivity contribution in [2.75, 3.05) is 24.7 Å². The van der Waals surface area contributed by atoms with E-state index in [1.807, 2.05) is 0 Å². The lowest BCUT2D eigenvalue weighted by Crippen LogP contribution is -2.48. The SMILES string of the molecule is [B]C(C)(C)OC(=O)N1CCc2nc(Cl)nc(N3C4CCC3COC4)c2C1. The van der Waals surface area contributed by atoms with E-state index in [9.17, 15) is 4.79 Å². The van der Waals surface area contributed by atoms with E-state index < -0.39 is 11.6 Å². The third-order valence-electron chi connectivity index (χ3n) is 5.10. The van der Waals surface area contributed by atoms with Gasteiger partial charge in [0.25, 0.3) is 0 Å². The Labute approximate surface area is 159 Å². The summed E-state index contributed by atoms with van der Waals surface area (Å²) in [7, 11) is 5.82. The highest BCUT2D eigenvalue weighted by atomic mass is 35.5. The van der Waals surface area contributed by atoms with Crippen molar-refractivity contribution in [1.82, 2.24) is 14.9 Å². The van der Waals surface area contributed by atoms with E-state index >= 15 is 0 Å². The summed E-state index contributed by atoms with van der Waals surface area (Å²) < 4.78 is 11.0. The van der Waals surface area contributed by atoms with Crippen molar-refractivity contribution < 1.29 is 14.3 Å². The van der Waals surface area contributed by atoms with E-state index in [4.69, 9.17) is 28.9 Å². The van der Waals surface area contributed by atoms with Gasteiger partial charge < -0.3 is 19.3 Å². The summed E-state index contributed by atoms with van der Waals surface area (Å²) >= 11 is 6.20. The minimum Gasteiger partial charge on any atom is -0.454 e. The van der Waals surface area contributed by atoms with E-state index in [1.54, 1.807) is 18.7 Å². The van der Waals surface area contributed by atoms with Crippen molar-refractivity contribution in [3.8, 4) is 0 Å². The number of carbonyl (C=O) groups is 1. The van der Waals surface area contributed by atoms with Gasteiger partial charge in [-0.1, -0.05) is 0 Å². The lowest BCUT2D eigenvalue weighted by Gasteiger charge is -2.39. The molecule has 138 valence electrons. The fraction of sp³-hybridized carbons (Fsp3) is 0.706. The van der Waals surface area contributed by atoms with Gasteiger partial charge in [0.05, 0.1) is 43.0 Å². The number of hydrogen-bond acceptors (Lipinski definition) is 6. The van der Waals surface area contributed by atoms with Crippen molar-refractivity contribution in [3.05, 3.63) is 16.5 Å². The maximum Gasteiger partial charge on any atom is 0.409 e. The van der Waals surface area contributed by atoms with Gasteiger partial charge in [-0.05, 0) is 38.3 Å². The van der Waals surface area contributed by atoms with Crippen LogP contribution < -0.4 is 4.90 Å². The molecule has 26 heavy (non-hydrogen) atoms. The molecule has 7 nitrogen and oxygen atoms in total. The monoisotopic (exact) mass is 376 g/mol. The fourth-order valence-electron chi connectivity index (χ4n) is 4.00. The van der Waals surface area contributed by atoms with E-state index in [2.05, 4.69) is 14.9 Å². The predicted molar refractivity (Wildman–Crippen MR) is 97.6 cm³/mol. The highest BCUT2D eigenvalue weighted by Crippen LogP contribution is 2.37. The summed E-state index contributed by atoms with van der Waals surface area (Å²) in [5.74, 6) is 0.834. The van der Waals surface area contributed by atoms with Crippen molar-refractivity contribution in [2.24, 2.45) is 0 Å². The van der Waals surface area contributed by atoms with Crippen molar-refractivity contribution >= 4 is 31.4 Å². The van der Waals surface area contributed by atoms with Crippen LogP contribution in [0.1, 0.15) is 37.9 Å². The molecule has 1 aromatic heterocycles. The number of halogens is 1. The lowest BCUT2D eigenvalue weighted by atomic mass is 9.86. The molecule has 3 aliphatic rings. The van der Waals surface area contributed by atoms with E-state index in [-0.39, 0.29) is 5.28 Å². The minimum atomic E-state index is -1.01. The lowest BCUT2D eigenvalue weighted by molar-refractivity contribution is 0.0543. The molecular formula is C17H22BClN4O3. The quantitative estimate of drug-likeness (QED) is 0.580. The normalized spacial score (nSPS) is 25.2. The molecule has 1 amide bonds. The number of hydrogen-bond donors (Lipinski definition) is 0. The molecule has 0 aromatic carbocycles. The highest BCUT2D eigenvalue weighted by molar-refractivity contribution is 6.28. The number of nitrogens with zero attached hydrogens (tertiary/aromatic N) is 4. The molecule has 2 bridgehead atoms. The number of ether oxygens (including phenoxy) is 2. The van der Waals surface area contributed by atoms with Gasteiger partial charge in [-0.2, -0.15) is 0 Å². The van der Waals surface area contributed by atoms with E-state index in [0.29, 0.717) is 44.8 Å². The van der Waals surface area contributed by atoms with E-state index in [1.165, 1.54) is 0 Å². The van der Waals surface area contributed by atoms with Crippen LogP contribution in [-0.4, -0.2) is 66.1 Å². The van der Waals surface area contributed by atoms with Gasteiger partial charge in [-0.15, -0.1) is 0 Å². The zero-order chi connectivity index (χ0) is 18.5. The first-order valence-electron chi connectivity index (χ1n) is 9.00. The molecule has 2 fully saturated rings. The van der Waals surface area contributed by atoms with Crippen molar-refractivity contribution in [1.29, 1.82) is 0 Å². The number of carbonyl (C=O) groups excluding carboxylic acids is 1. The maximum absolute atomic E-state index is 12.4. The Kier molecular flexibility index (Phi) is 4.51. The molecule has 0 spiro atoms. The first-order chi connectivity index (χ1) is 12.3. The first kappa shape index (κ1) is 17.9. The Morgan fingerprint density at radius 1 is 1.31 bits per heavy atom. The van der Waals surface area contributed by atoms with Crippen LogP contribution in [0.5, 0.6) is 0 Å². The average molecular weight is 377 g/mol. The summed E-state index contributed by atoms with van der Waals surface area (Å²) in [6, 6.07) is 0.600. The molecule has 0 aliphatic carbocycles. The maximum atomic E-state index is 12.4. The third kappa shape index (κ3) is 3.36. The van der Waals surface area contributed by atoms with Crippen LogP contribution >= 0.6 is 11.6 Å². The Hall–Kier alpha value is -1.54. The van der Waals surface area contributed by atoms with Crippen LogP contribution in [0.2, 0.25) is 5.28 Å². The standard InChI is InChI=1S/C17H22BClN4O3/c1-17(2,18)26-16(24)22-6-5-13-12(7-22)14(21-15(19)20-13)23-10-3-4-11(23)9-25-8-10/h10-11H,3-9H2,1-2H3. The van der Waals surface area contributed by atoms with Gasteiger partial charge in [0, 0.05) is 18.5 Å². The molecule has 2 unspecified atom stereocenters. The number of fused-ring (bicyclic) bond motifs is 3. The number of anilines is 1. The summed E-state index contributed by atoms with van der Waals surface area (Å²) in [5.41, 5.74) is 0.841. The second kappa shape index (κ2) is 6.57. The second-order valence-electron chi connectivity index (χ2n) is 7.71. The van der Waals surface area contributed by atoms with Gasteiger partial charge in [-0.3, -0.25) is 0 Å². The number of aromatic nitrogens is 2. The van der Waals surface area contributed by atoms with Crippen LogP contribution in [0.4, 0.5) is 10.6 Å². The Morgan fingerprint density at radius 2 is 2.00 bits per heavy atom. The van der Waals surface area contributed by atoms with Gasteiger partial charge in [0.1, 0.15) is 13.7 Å². The number of morpholine rings is 1. The zero-order valence-electron chi connectivity index (χ0n) is 15.1. The molecule has 9 heteroatoms. The van der Waals surface area contributed by atoms with Crippen LogP contribution in [0.25, 0.3) is 0 Å². The van der Waals surface area contributed by atoms with Gasteiger partial charge in [-0.25, -0.2) is 14.8 Å². The molecular weight excluding hydrogens is 354 g/mol. The Bertz CT molecular complexity index is 711. The average Bonchev–Trinajstić information content (AvgIpc) is 2.80. The van der Waals surface area contributed by atoms with Crippen molar-refractivity contribution in [3.63, 3.8) is 0 Å². The largest absolute Gasteiger partial charge is 0.454 e. The molecule has 1 aromatic rings. The topological polar surface area (TPSA) is 67.8 Å². The van der Waals surface area contributed by atoms with Gasteiger partial charge >= 0.3 is 6.09 Å². The van der Waals surface area contributed by atoms with Gasteiger partial charge in [0.2, 0.25) is 5.28 Å². The zero-order valence-corrected chi connectivity index (χ0v) is 15.8. The summed E-state index contributed by atoms with van der Waals surface area (Å²) in [6.45, 7) is 5.61. The minimum absolute atomic E-state index is 0.253. The number of rotatable bonds is 2. The van der Waals surface area contributed by atoms with Crippen molar-refractivity contribution in [2.45, 2.75) is 57.2 Å². The molecule has 2 saturated heterocycles. The fourth-order valence-corrected chi connectivity index (χ4v) is 4.18. The second-order valence-corrected chi connectivity index (χ2v) is 8.05.